The summed E-state index contributed by atoms with van der Waals surface area (Å²) in [6.45, 7) is -0.300. The van der Waals surface area contributed by atoms with Gasteiger partial charge in [0.2, 0.25) is 0 Å². The van der Waals surface area contributed by atoms with E-state index in [4.69, 9.17) is 4.74 Å². The van der Waals surface area contributed by atoms with Gasteiger partial charge in [0.05, 0.1) is 11.8 Å². The quantitative estimate of drug-likeness (QED) is 0.555. The molecule has 0 saturated heterocycles. The maximum Gasteiger partial charge on any atom is 0.316 e. The normalized spacial score (nSPS) is 15.7. The Labute approximate surface area is 162 Å². The lowest BCUT2D eigenvalue weighted by atomic mass is 9.87. The van der Waals surface area contributed by atoms with Gasteiger partial charge in [-0.25, -0.2) is 4.39 Å². The van der Waals surface area contributed by atoms with E-state index in [-0.39, 0.29) is 30.1 Å². The van der Waals surface area contributed by atoms with Crippen molar-refractivity contribution in [1.29, 1.82) is 0 Å². The van der Waals surface area contributed by atoms with Gasteiger partial charge in [0.1, 0.15) is 5.82 Å². The van der Waals surface area contributed by atoms with E-state index in [1.165, 1.54) is 17.2 Å². The van der Waals surface area contributed by atoms with Crippen LogP contribution < -0.4 is 0 Å². The Hall–Kier alpha value is -2.34. The number of likely N-dealkylation sites (N-methyl/N-ethyl adjacent to an activating group) is 1. The predicted octanol–water partition coefficient (Wildman–Crippen LogP) is 4.00. The van der Waals surface area contributed by atoms with Crippen LogP contribution in [0.3, 0.4) is 0 Å². The molecule has 2 aromatic rings. The molecule has 1 aliphatic rings. The van der Waals surface area contributed by atoms with E-state index < -0.39 is 5.97 Å². The number of thioether (sulfide) groups is 1. The zero-order valence-electron chi connectivity index (χ0n) is 15.2. The number of benzene rings is 2. The van der Waals surface area contributed by atoms with Crippen molar-refractivity contribution in [3.8, 4) is 0 Å². The monoisotopic (exact) mass is 387 g/mol. The molecule has 0 bridgehead atoms. The number of carbonyl (C=O) groups is 2. The van der Waals surface area contributed by atoms with Crippen molar-refractivity contribution >= 4 is 23.6 Å². The fourth-order valence-electron chi connectivity index (χ4n) is 3.29. The summed E-state index contributed by atoms with van der Waals surface area (Å²) in [5.74, 6) is -1.18. The second-order valence-corrected chi connectivity index (χ2v) is 7.51. The minimum absolute atomic E-state index is 0.00828. The first kappa shape index (κ1) is 19.4. The molecular formula is C21H22FNO3S. The van der Waals surface area contributed by atoms with Gasteiger partial charge < -0.3 is 9.64 Å². The van der Waals surface area contributed by atoms with E-state index in [1.54, 1.807) is 30.1 Å². The van der Waals surface area contributed by atoms with Crippen LogP contribution in [-0.2, 0) is 20.7 Å². The molecule has 4 nitrogen and oxygen atoms in total. The third-order valence-electron chi connectivity index (χ3n) is 4.74. The number of amides is 1. The lowest BCUT2D eigenvalue weighted by Crippen LogP contribution is -2.36. The number of halogens is 1. The first-order chi connectivity index (χ1) is 13.1. The van der Waals surface area contributed by atoms with Crippen LogP contribution in [0.2, 0.25) is 0 Å². The number of nitrogens with zero attached hydrogens (tertiary/aromatic N) is 1. The smallest absolute Gasteiger partial charge is 0.316 e. The Morgan fingerprint density at radius 2 is 1.93 bits per heavy atom. The third kappa shape index (κ3) is 4.89. The van der Waals surface area contributed by atoms with Crippen LogP contribution in [0.4, 0.5) is 4.39 Å². The second-order valence-electron chi connectivity index (χ2n) is 6.49. The van der Waals surface area contributed by atoms with E-state index in [9.17, 15) is 14.0 Å². The molecule has 3 rings (SSSR count). The molecule has 0 fully saturated rings. The minimum atomic E-state index is -0.533. The van der Waals surface area contributed by atoms with Crippen molar-refractivity contribution in [3.63, 3.8) is 0 Å². The number of carbonyl (C=O) groups excluding carboxylic acids is 2. The number of hydrogen-bond acceptors (Lipinski definition) is 4. The maximum atomic E-state index is 13.6. The molecule has 0 heterocycles. The van der Waals surface area contributed by atoms with Gasteiger partial charge in [-0.2, -0.15) is 0 Å². The minimum Gasteiger partial charge on any atom is -0.455 e. The molecule has 0 spiro atoms. The summed E-state index contributed by atoms with van der Waals surface area (Å²) < 4.78 is 18.6. The Bertz CT molecular complexity index is 827. The molecule has 1 amide bonds. The first-order valence-corrected chi connectivity index (χ1v) is 9.91. The molecule has 142 valence electrons. The van der Waals surface area contributed by atoms with Crippen molar-refractivity contribution in [1.82, 2.24) is 4.90 Å². The number of esters is 1. The summed E-state index contributed by atoms with van der Waals surface area (Å²) >= 11 is 1.06. The van der Waals surface area contributed by atoms with Crippen LogP contribution >= 0.6 is 11.8 Å². The summed E-state index contributed by atoms with van der Waals surface area (Å²) in [6.07, 6.45) is 2.95. The van der Waals surface area contributed by atoms with Gasteiger partial charge in [-0.05, 0) is 42.5 Å². The molecule has 6 heteroatoms. The summed E-state index contributed by atoms with van der Waals surface area (Å²) in [7, 11) is 1.75. The van der Waals surface area contributed by atoms with Crippen molar-refractivity contribution in [2.75, 3.05) is 19.4 Å². The van der Waals surface area contributed by atoms with Gasteiger partial charge in [0.25, 0.3) is 5.91 Å². The lowest BCUT2D eigenvalue weighted by molar-refractivity contribution is -0.150. The third-order valence-corrected chi connectivity index (χ3v) is 5.76. The highest BCUT2D eigenvalue weighted by Crippen LogP contribution is 2.33. The number of ether oxygens (including phenoxy) is 1. The van der Waals surface area contributed by atoms with Crippen LogP contribution in [0.15, 0.2) is 53.4 Å². The summed E-state index contributed by atoms with van der Waals surface area (Å²) in [6, 6.07) is 14.4. The van der Waals surface area contributed by atoms with Crippen LogP contribution in [0.1, 0.15) is 30.0 Å². The standard InChI is InChI=1S/C21H22FNO3S/c1-23(18-11-6-8-15-7-2-3-9-16(15)18)20(24)13-26-21(25)14-27-19-12-5-4-10-17(19)22/h2-5,7,9-10,12,18H,6,8,11,13-14H2,1H3/t18-/m1/s1. The molecule has 27 heavy (non-hydrogen) atoms. The Kier molecular flexibility index (Phi) is 6.50. The number of fused-ring (bicyclic) bond motifs is 1. The molecule has 0 radical (unpaired) electrons. The summed E-state index contributed by atoms with van der Waals surface area (Å²) in [4.78, 5) is 26.4. The highest BCUT2D eigenvalue weighted by molar-refractivity contribution is 8.00. The number of rotatable bonds is 6. The van der Waals surface area contributed by atoms with Gasteiger partial charge in [0, 0.05) is 11.9 Å². The topological polar surface area (TPSA) is 46.6 Å². The molecule has 0 unspecified atom stereocenters. The molecular weight excluding hydrogens is 365 g/mol. The molecule has 2 aromatic carbocycles. The lowest BCUT2D eigenvalue weighted by Gasteiger charge is -2.33. The first-order valence-electron chi connectivity index (χ1n) is 8.92. The van der Waals surface area contributed by atoms with E-state index in [1.807, 2.05) is 12.1 Å². The van der Waals surface area contributed by atoms with Gasteiger partial charge in [-0.1, -0.05) is 36.4 Å². The van der Waals surface area contributed by atoms with Gasteiger partial charge >= 0.3 is 5.97 Å². The largest absolute Gasteiger partial charge is 0.455 e. The van der Waals surface area contributed by atoms with Crippen molar-refractivity contribution < 1.29 is 18.7 Å². The van der Waals surface area contributed by atoms with Crippen molar-refractivity contribution in [2.45, 2.75) is 30.2 Å². The number of aryl methyl sites for hydroxylation is 1. The van der Waals surface area contributed by atoms with Crippen LogP contribution in [0.25, 0.3) is 0 Å². The molecule has 0 N–H and O–H groups in total. The van der Waals surface area contributed by atoms with E-state index >= 15 is 0 Å². The number of hydrogen-bond donors (Lipinski definition) is 0. The Morgan fingerprint density at radius 1 is 1.19 bits per heavy atom. The highest BCUT2D eigenvalue weighted by atomic mass is 32.2. The molecule has 0 aromatic heterocycles. The average Bonchev–Trinajstić information content (AvgIpc) is 2.70. The molecule has 1 aliphatic carbocycles. The van der Waals surface area contributed by atoms with E-state index in [0.29, 0.717) is 4.90 Å². The SMILES string of the molecule is CN(C(=O)COC(=O)CSc1ccccc1F)[C@@H]1CCCc2ccccc21. The average molecular weight is 387 g/mol. The Morgan fingerprint density at radius 3 is 2.74 bits per heavy atom. The summed E-state index contributed by atoms with van der Waals surface area (Å²) in [5.41, 5.74) is 2.44. The van der Waals surface area contributed by atoms with E-state index in [2.05, 4.69) is 12.1 Å². The van der Waals surface area contributed by atoms with E-state index in [0.717, 1.165) is 31.0 Å². The van der Waals surface area contributed by atoms with Crippen LogP contribution in [-0.4, -0.2) is 36.2 Å². The van der Waals surface area contributed by atoms with Crippen molar-refractivity contribution in [2.24, 2.45) is 0 Å². The van der Waals surface area contributed by atoms with Crippen molar-refractivity contribution in [3.05, 3.63) is 65.5 Å². The van der Waals surface area contributed by atoms with Crippen LogP contribution in [0.5, 0.6) is 0 Å². The van der Waals surface area contributed by atoms with Gasteiger partial charge in [0.15, 0.2) is 6.61 Å². The summed E-state index contributed by atoms with van der Waals surface area (Å²) in [5, 5.41) is 0. The highest BCUT2D eigenvalue weighted by Gasteiger charge is 2.26. The second kappa shape index (κ2) is 9.04. The van der Waals surface area contributed by atoms with Gasteiger partial charge in [-0.3, -0.25) is 9.59 Å². The molecule has 1 atom stereocenters. The maximum absolute atomic E-state index is 13.6. The van der Waals surface area contributed by atoms with Crippen LogP contribution in [0, 0.1) is 5.82 Å². The fraction of sp³-hybridized carbons (Fsp3) is 0.333. The fourth-order valence-corrected chi connectivity index (χ4v) is 4.03. The molecule has 0 aliphatic heterocycles. The zero-order valence-corrected chi connectivity index (χ0v) is 16.0. The van der Waals surface area contributed by atoms with Gasteiger partial charge in [-0.15, -0.1) is 11.8 Å². The Balaban J connectivity index is 1.50. The predicted molar refractivity (Wildman–Crippen MR) is 103 cm³/mol. The molecule has 0 saturated carbocycles. The zero-order chi connectivity index (χ0) is 19.2.